The zero-order valence-corrected chi connectivity index (χ0v) is 14.8. The number of hydrogen-bond acceptors (Lipinski definition) is 6. The fourth-order valence-electron chi connectivity index (χ4n) is 2.23. The molecule has 126 valence electrons. The lowest BCUT2D eigenvalue weighted by atomic mass is 10.2. The molecule has 1 aliphatic rings. The molecule has 0 saturated heterocycles. The van der Waals surface area contributed by atoms with Crippen LogP contribution in [0.1, 0.15) is 20.8 Å². The van der Waals surface area contributed by atoms with E-state index >= 15 is 0 Å². The summed E-state index contributed by atoms with van der Waals surface area (Å²) in [5.74, 6) is 1.15. The number of hydrogen-bond donors (Lipinski definition) is 2. The van der Waals surface area contributed by atoms with Gasteiger partial charge in [-0.15, -0.1) is 11.3 Å². The number of aryl methyl sites for hydroxylation is 1. The van der Waals surface area contributed by atoms with Crippen LogP contribution in [-0.4, -0.2) is 25.0 Å². The van der Waals surface area contributed by atoms with Gasteiger partial charge in [0.1, 0.15) is 4.88 Å². The Bertz CT molecular complexity index is 788. The van der Waals surface area contributed by atoms with Gasteiger partial charge in [-0.2, -0.15) is 0 Å². The molecule has 6 nitrogen and oxygen atoms in total. The quantitative estimate of drug-likeness (QED) is 0.638. The number of benzene rings is 1. The van der Waals surface area contributed by atoms with Crippen molar-refractivity contribution < 1.29 is 19.0 Å². The van der Waals surface area contributed by atoms with Crippen LogP contribution in [-0.2, 0) is 11.3 Å². The number of methoxy groups -OCH3 is 1. The fourth-order valence-corrected chi connectivity index (χ4v) is 3.47. The highest BCUT2D eigenvalue weighted by Gasteiger charge is 2.15. The van der Waals surface area contributed by atoms with Crippen molar-refractivity contribution in [3.63, 3.8) is 0 Å². The molecule has 0 radical (unpaired) electrons. The summed E-state index contributed by atoms with van der Waals surface area (Å²) in [6.45, 7) is 2.67. The molecule has 24 heavy (non-hydrogen) atoms. The summed E-state index contributed by atoms with van der Waals surface area (Å²) in [6.07, 6.45) is 0. The topological polar surface area (TPSA) is 68.8 Å². The second kappa shape index (κ2) is 7.06. The van der Waals surface area contributed by atoms with Crippen LogP contribution in [0.15, 0.2) is 24.3 Å². The first-order valence-corrected chi connectivity index (χ1v) is 8.41. The van der Waals surface area contributed by atoms with Crippen LogP contribution in [0.3, 0.4) is 0 Å². The van der Waals surface area contributed by atoms with Gasteiger partial charge in [-0.1, -0.05) is 6.07 Å². The summed E-state index contributed by atoms with van der Waals surface area (Å²) in [4.78, 5) is 12.2. The molecule has 0 bridgehead atoms. The van der Waals surface area contributed by atoms with Crippen molar-refractivity contribution in [2.45, 2.75) is 13.5 Å². The van der Waals surface area contributed by atoms with Crippen LogP contribution in [0.4, 0.5) is 5.00 Å². The Balaban J connectivity index is 1.57. The first kappa shape index (κ1) is 16.5. The molecule has 0 unspecified atom stereocenters. The monoisotopic (exact) mass is 364 g/mol. The van der Waals surface area contributed by atoms with Crippen LogP contribution in [0, 0.1) is 6.92 Å². The van der Waals surface area contributed by atoms with Crippen molar-refractivity contribution in [1.82, 2.24) is 5.32 Å². The number of carbonyl (C=O) groups excluding carboxylic acids is 1. The fraction of sp³-hybridized carbons (Fsp3) is 0.250. The van der Waals surface area contributed by atoms with E-state index in [0.717, 1.165) is 27.6 Å². The van der Waals surface area contributed by atoms with Crippen molar-refractivity contribution in [2.75, 3.05) is 19.2 Å². The standard InChI is InChI=1S/C16H16N2O4S2/c1-9-5-13(24-14(9)15(19)20-2)18-16(23)17-7-10-3-4-11-12(6-10)22-8-21-11/h3-6H,7-8H2,1-2H3,(H2,17,18,23). The smallest absolute Gasteiger partial charge is 0.348 e. The minimum absolute atomic E-state index is 0.256. The third-order valence-corrected chi connectivity index (χ3v) is 4.79. The number of fused-ring (bicyclic) bond motifs is 1. The molecule has 0 amide bonds. The number of esters is 1. The highest BCUT2D eigenvalue weighted by molar-refractivity contribution is 7.80. The SMILES string of the molecule is COC(=O)c1sc(NC(=S)NCc2ccc3c(c2)OCO3)cc1C. The van der Waals surface area contributed by atoms with Gasteiger partial charge in [-0.05, 0) is 48.5 Å². The van der Waals surface area contributed by atoms with Crippen molar-refractivity contribution >= 4 is 39.6 Å². The van der Waals surface area contributed by atoms with Crippen LogP contribution >= 0.6 is 23.6 Å². The maximum absolute atomic E-state index is 11.6. The molecule has 1 aromatic carbocycles. The van der Waals surface area contributed by atoms with E-state index in [-0.39, 0.29) is 12.8 Å². The van der Waals surface area contributed by atoms with E-state index in [0.29, 0.717) is 16.5 Å². The Morgan fingerprint density at radius 2 is 2.12 bits per heavy atom. The Morgan fingerprint density at radius 1 is 1.33 bits per heavy atom. The Hall–Kier alpha value is -2.32. The van der Waals surface area contributed by atoms with E-state index < -0.39 is 0 Å². The summed E-state index contributed by atoms with van der Waals surface area (Å²) in [5, 5.41) is 7.47. The van der Waals surface area contributed by atoms with Crippen molar-refractivity contribution in [1.29, 1.82) is 0 Å². The van der Waals surface area contributed by atoms with E-state index in [1.54, 1.807) is 0 Å². The second-order valence-electron chi connectivity index (χ2n) is 5.11. The number of thiophene rings is 1. The van der Waals surface area contributed by atoms with Gasteiger partial charge in [-0.3, -0.25) is 0 Å². The van der Waals surface area contributed by atoms with E-state index in [9.17, 15) is 4.79 Å². The van der Waals surface area contributed by atoms with Gasteiger partial charge >= 0.3 is 5.97 Å². The molecule has 0 fully saturated rings. The van der Waals surface area contributed by atoms with Gasteiger partial charge < -0.3 is 24.8 Å². The maximum Gasteiger partial charge on any atom is 0.348 e. The number of ether oxygens (including phenoxy) is 3. The molecule has 2 heterocycles. The zero-order chi connectivity index (χ0) is 17.1. The predicted molar refractivity (Wildman–Crippen MR) is 96.0 cm³/mol. The van der Waals surface area contributed by atoms with E-state index in [1.807, 2.05) is 31.2 Å². The lowest BCUT2D eigenvalue weighted by Gasteiger charge is -2.09. The highest BCUT2D eigenvalue weighted by atomic mass is 32.1. The maximum atomic E-state index is 11.6. The summed E-state index contributed by atoms with van der Waals surface area (Å²) >= 11 is 6.60. The summed E-state index contributed by atoms with van der Waals surface area (Å²) < 4.78 is 15.4. The van der Waals surface area contributed by atoms with Crippen molar-refractivity contribution in [2.24, 2.45) is 0 Å². The number of thiocarbonyl (C=S) groups is 1. The molecule has 2 aromatic rings. The third-order valence-electron chi connectivity index (χ3n) is 3.42. The van der Waals surface area contributed by atoms with Crippen molar-refractivity contribution in [3.8, 4) is 11.5 Å². The minimum Gasteiger partial charge on any atom is -0.465 e. The normalized spacial score (nSPS) is 11.9. The van der Waals surface area contributed by atoms with Gasteiger partial charge in [0.2, 0.25) is 6.79 Å². The Kier molecular flexibility index (Phi) is 4.86. The van der Waals surface area contributed by atoms with Gasteiger partial charge in [0.05, 0.1) is 12.1 Å². The molecule has 0 saturated carbocycles. The molecule has 2 N–H and O–H groups in total. The van der Waals surface area contributed by atoms with Crippen LogP contribution < -0.4 is 20.1 Å². The molecule has 3 rings (SSSR count). The van der Waals surface area contributed by atoms with Gasteiger partial charge in [0.15, 0.2) is 16.6 Å². The molecule has 1 aliphatic heterocycles. The molecule has 0 spiro atoms. The predicted octanol–water partition coefficient (Wildman–Crippen LogP) is 3.06. The molecule has 1 aromatic heterocycles. The van der Waals surface area contributed by atoms with Crippen molar-refractivity contribution in [3.05, 3.63) is 40.3 Å². The third kappa shape index (κ3) is 3.60. The molecule has 8 heteroatoms. The lowest BCUT2D eigenvalue weighted by Crippen LogP contribution is -2.27. The number of anilines is 1. The second-order valence-corrected chi connectivity index (χ2v) is 6.57. The average molecular weight is 364 g/mol. The average Bonchev–Trinajstić information content (AvgIpc) is 3.18. The van der Waals surface area contributed by atoms with Gasteiger partial charge in [-0.25, -0.2) is 4.79 Å². The number of rotatable bonds is 4. The molecule has 0 aliphatic carbocycles. The zero-order valence-electron chi connectivity index (χ0n) is 13.2. The largest absolute Gasteiger partial charge is 0.465 e. The van der Waals surface area contributed by atoms with E-state index in [2.05, 4.69) is 10.6 Å². The lowest BCUT2D eigenvalue weighted by molar-refractivity contribution is 0.0605. The molecule has 0 atom stereocenters. The van der Waals surface area contributed by atoms with Crippen LogP contribution in [0.5, 0.6) is 11.5 Å². The van der Waals surface area contributed by atoms with E-state index in [1.165, 1.54) is 18.4 Å². The Morgan fingerprint density at radius 3 is 2.92 bits per heavy atom. The van der Waals surface area contributed by atoms with Crippen LogP contribution in [0.2, 0.25) is 0 Å². The summed E-state index contributed by atoms with van der Waals surface area (Å²) in [7, 11) is 1.37. The summed E-state index contributed by atoms with van der Waals surface area (Å²) in [5.41, 5.74) is 1.88. The first-order valence-electron chi connectivity index (χ1n) is 7.19. The first-order chi connectivity index (χ1) is 11.6. The molecular formula is C16H16N2O4S2. The summed E-state index contributed by atoms with van der Waals surface area (Å²) in [6, 6.07) is 7.61. The highest BCUT2D eigenvalue weighted by Crippen LogP contribution is 2.32. The van der Waals surface area contributed by atoms with Gasteiger partial charge in [0, 0.05) is 6.54 Å². The number of carbonyl (C=O) groups is 1. The van der Waals surface area contributed by atoms with Gasteiger partial charge in [0.25, 0.3) is 0 Å². The van der Waals surface area contributed by atoms with Crippen LogP contribution in [0.25, 0.3) is 0 Å². The van der Waals surface area contributed by atoms with E-state index in [4.69, 9.17) is 26.4 Å². The number of nitrogens with one attached hydrogen (secondary N) is 2. The Labute approximate surface area is 148 Å². The minimum atomic E-state index is -0.343. The molecular weight excluding hydrogens is 348 g/mol.